The third-order valence-electron chi connectivity index (χ3n) is 2.94. The topological polar surface area (TPSA) is 46.2 Å². The molecule has 0 aliphatic carbocycles. The van der Waals surface area contributed by atoms with E-state index in [4.69, 9.17) is 0 Å². The van der Waals surface area contributed by atoms with E-state index in [9.17, 15) is 22.8 Å². The number of rotatable bonds is 1. The number of carbonyl (C=O) groups is 2. The molecule has 0 atom stereocenters. The van der Waals surface area contributed by atoms with Crippen molar-refractivity contribution < 1.29 is 22.8 Å². The number of halogens is 3. The number of hydrogen-bond donors (Lipinski definition) is 1. The van der Waals surface area contributed by atoms with Gasteiger partial charge in [0.1, 0.15) is 0 Å². The first kappa shape index (κ1) is 13.3. The van der Waals surface area contributed by atoms with Gasteiger partial charge in [-0.25, -0.2) is 0 Å². The van der Waals surface area contributed by atoms with Crippen molar-refractivity contribution in [2.75, 3.05) is 0 Å². The van der Waals surface area contributed by atoms with Crippen molar-refractivity contribution in [3.8, 4) is 0 Å². The fourth-order valence-corrected chi connectivity index (χ4v) is 1.89. The molecule has 0 radical (unpaired) electrons. The van der Waals surface area contributed by atoms with Crippen molar-refractivity contribution in [2.24, 2.45) is 0 Å². The maximum Gasteiger partial charge on any atom is 0.416 e. The molecule has 1 aromatic rings. The van der Waals surface area contributed by atoms with Crippen LogP contribution >= 0.6 is 0 Å². The Hall–Kier alpha value is -2.11. The van der Waals surface area contributed by atoms with Crippen LogP contribution in [0.25, 0.3) is 5.57 Å². The fraction of sp³-hybridized carbons (Fsp3) is 0.231. The van der Waals surface area contributed by atoms with Crippen LogP contribution in [-0.2, 0) is 15.8 Å². The van der Waals surface area contributed by atoms with Crippen LogP contribution in [0.15, 0.2) is 29.8 Å². The van der Waals surface area contributed by atoms with E-state index in [1.807, 2.05) is 0 Å². The highest BCUT2D eigenvalue weighted by molar-refractivity contribution is 6.17. The summed E-state index contributed by atoms with van der Waals surface area (Å²) in [6, 6.07) is 4.68. The molecule has 0 unspecified atom stereocenters. The zero-order chi connectivity index (χ0) is 14.2. The van der Waals surface area contributed by atoms with Crippen molar-refractivity contribution >= 4 is 17.4 Å². The number of nitrogens with one attached hydrogen (secondary N) is 1. The second-order valence-corrected chi connectivity index (χ2v) is 4.24. The molecule has 100 valence electrons. The maximum absolute atomic E-state index is 12.6. The third-order valence-corrected chi connectivity index (χ3v) is 2.94. The number of benzene rings is 1. The van der Waals surface area contributed by atoms with E-state index >= 15 is 0 Å². The van der Waals surface area contributed by atoms with Crippen LogP contribution < -0.4 is 5.32 Å². The highest BCUT2D eigenvalue weighted by atomic mass is 19.4. The molecule has 0 saturated carbocycles. The summed E-state index contributed by atoms with van der Waals surface area (Å²) in [5.74, 6) is -0.980. The lowest BCUT2D eigenvalue weighted by atomic mass is 9.98. The molecule has 1 saturated heterocycles. The second-order valence-electron chi connectivity index (χ2n) is 4.24. The molecule has 0 aromatic heterocycles. The summed E-state index contributed by atoms with van der Waals surface area (Å²) in [6.45, 7) is 1.53. The van der Waals surface area contributed by atoms with Crippen LogP contribution in [0.2, 0.25) is 0 Å². The van der Waals surface area contributed by atoms with Gasteiger partial charge in [0.15, 0.2) is 0 Å². The van der Waals surface area contributed by atoms with E-state index in [-0.39, 0.29) is 17.6 Å². The van der Waals surface area contributed by atoms with Crippen molar-refractivity contribution in [3.05, 3.63) is 41.0 Å². The van der Waals surface area contributed by atoms with Gasteiger partial charge in [0.2, 0.25) is 5.91 Å². The first-order chi connectivity index (χ1) is 8.79. The van der Waals surface area contributed by atoms with E-state index < -0.39 is 23.6 Å². The quantitative estimate of drug-likeness (QED) is 0.629. The fourth-order valence-electron chi connectivity index (χ4n) is 1.89. The van der Waals surface area contributed by atoms with Gasteiger partial charge in [-0.2, -0.15) is 13.2 Å². The van der Waals surface area contributed by atoms with Gasteiger partial charge >= 0.3 is 6.18 Å². The Bertz CT molecular complexity index is 588. The lowest BCUT2D eigenvalue weighted by Gasteiger charge is -2.10. The highest BCUT2D eigenvalue weighted by Gasteiger charge is 2.31. The molecular weight excluding hydrogens is 259 g/mol. The van der Waals surface area contributed by atoms with Crippen LogP contribution in [0.3, 0.4) is 0 Å². The molecule has 1 aliphatic rings. The largest absolute Gasteiger partial charge is 0.416 e. The van der Waals surface area contributed by atoms with Crippen molar-refractivity contribution in [3.63, 3.8) is 0 Å². The van der Waals surface area contributed by atoms with Crippen molar-refractivity contribution in [1.82, 2.24) is 5.32 Å². The summed E-state index contributed by atoms with van der Waals surface area (Å²) in [5, 5.41) is 2.10. The summed E-state index contributed by atoms with van der Waals surface area (Å²) in [6.07, 6.45) is -4.53. The predicted octanol–water partition coefficient (Wildman–Crippen LogP) is 2.53. The Labute approximate surface area is 107 Å². The van der Waals surface area contributed by atoms with Gasteiger partial charge in [0, 0.05) is 5.57 Å². The molecule has 6 heteroatoms. The summed E-state index contributed by atoms with van der Waals surface area (Å²) < 4.78 is 37.8. The summed E-state index contributed by atoms with van der Waals surface area (Å²) in [5.41, 5.74) is 0.100. The minimum absolute atomic E-state index is 0.0963. The van der Waals surface area contributed by atoms with E-state index in [2.05, 4.69) is 5.32 Å². The Morgan fingerprint density at radius 1 is 1.26 bits per heavy atom. The van der Waals surface area contributed by atoms with E-state index in [0.29, 0.717) is 5.57 Å². The molecule has 0 bridgehead atoms. The average Bonchev–Trinajstić information content (AvgIpc) is 2.66. The Morgan fingerprint density at radius 2 is 1.95 bits per heavy atom. The van der Waals surface area contributed by atoms with Gasteiger partial charge in [-0.3, -0.25) is 14.9 Å². The molecule has 2 amide bonds. The van der Waals surface area contributed by atoms with Gasteiger partial charge in [-0.1, -0.05) is 12.1 Å². The number of amides is 2. The van der Waals surface area contributed by atoms with Crippen LogP contribution in [0.1, 0.15) is 24.5 Å². The zero-order valence-corrected chi connectivity index (χ0v) is 9.97. The Morgan fingerprint density at radius 3 is 2.47 bits per heavy atom. The lowest BCUT2D eigenvalue weighted by molar-refractivity contribution is -0.137. The SMILES string of the molecule is CC(=C1CC(=O)NC1=O)c1cccc(C(F)(F)F)c1. The predicted molar refractivity (Wildman–Crippen MR) is 61.8 cm³/mol. The molecule has 2 rings (SSSR count). The minimum Gasteiger partial charge on any atom is -0.292 e. The number of carbonyl (C=O) groups excluding carboxylic acids is 2. The summed E-state index contributed by atoms with van der Waals surface area (Å²) in [7, 11) is 0. The van der Waals surface area contributed by atoms with Crippen LogP contribution in [0.5, 0.6) is 0 Å². The zero-order valence-electron chi connectivity index (χ0n) is 9.97. The molecule has 0 spiro atoms. The van der Waals surface area contributed by atoms with Crippen LogP contribution in [0, 0.1) is 0 Å². The maximum atomic E-state index is 12.6. The number of alkyl halides is 3. The summed E-state index contributed by atoms with van der Waals surface area (Å²) >= 11 is 0. The summed E-state index contributed by atoms with van der Waals surface area (Å²) in [4.78, 5) is 22.5. The average molecular weight is 269 g/mol. The molecule has 1 aromatic carbocycles. The molecule has 1 fully saturated rings. The number of hydrogen-bond acceptors (Lipinski definition) is 2. The van der Waals surface area contributed by atoms with E-state index in [0.717, 1.165) is 12.1 Å². The third kappa shape index (κ3) is 2.67. The molecule has 1 N–H and O–H groups in total. The first-order valence-corrected chi connectivity index (χ1v) is 5.50. The van der Waals surface area contributed by atoms with Crippen molar-refractivity contribution in [1.29, 1.82) is 0 Å². The van der Waals surface area contributed by atoms with Crippen LogP contribution in [-0.4, -0.2) is 11.8 Å². The molecule has 19 heavy (non-hydrogen) atoms. The minimum atomic E-state index is -4.44. The van der Waals surface area contributed by atoms with Gasteiger partial charge in [0.25, 0.3) is 5.91 Å². The molecule has 3 nitrogen and oxygen atoms in total. The van der Waals surface area contributed by atoms with Gasteiger partial charge in [0.05, 0.1) is 12.0 Å². The van der Waals surface area contributed by atoms with E-state index in [1.54, 1.807) is 0 Å². The van der Waals surface area contributed by atoms with Crippen molar-refractivity contribution in [2.45, 2.75) is 19.5 Å². The van der Waals surface area contributed by atoms with Gasteiger partial charge in [-0.05, 0) is 30.2 Å². The van der Waals surface area contributed by atoms with Gasteiger partial charge < -0.3 is 0 Å². The standard InChI is InChI=1S/C13H10F3NO2/c1-7(10-6-11(18)17-12(10)19)8-3-2-4-9(5-8)13(14,15)16/h2-5H,6H2,1H3,(H,17,18,19). The Kier molecular flexibility index (Phi) is 3.18. The normalized spacial score (nSPS) is 18.5. The molecular formula is C13H10F3NO2. The Balaban J connectivity index is 2.45. The monoisotopic (exact) mass is 269 g/mol. The molecule has 1 aliphatic heterocycles. The number of allylic oxidation sites excluding steroid dienone is 1. The smallest absolute Gasteiger partial charge is 0.292 e. The first-order valence-electron chi connectivity index (χ1n) is 5.50. The van der Waals surface area contributed by atoms with Gasteiger partial charge in [-0.15, -0.1) is 0 Å². The lowest BCUT2D eigenvalue weighted by Crippen LogP contribution is -2.19. The highest BCUT2D eigenvalue weighted by Crippen LogP contribution is 2.32. The second kappa shape index (κ2) is 4.53. The van der Waals surface area contributed by atoms with E-state index in [1.165, 1.54) is 19.1 Å². The molecule has 1 heterocycles. The number of imide groups is 1. The van der Waals surface area contributed by atoms with Crippen LogP contribution in [0.4, 0.5) is 13.2 Å².